The number of rotatable bonds is 3. The van der Waals surface area contributed by atoms with E-state index in [-0.39, 0.29) is 27.7 Å². The van der Waals surface area contributed by atoms with Gasteiger partial charge in [0, 0.05) is 28.6 Å². The average molecular weight is 176 g/mol. The van der Waals surface area contributed by atoms with Gasteiger partial charge in [0.15, 0.2) is 0 Å². The standard InChI is InChI=1S/C7H12O2.Ti/c1-3-4-5-6-9-7(2)8;/h5-6H,3-4H2,1-2H3;. The molecule has 0 saturated carbocycles. The third kappa shape index (κ3) is 10.8. The van der Waals surface area contributed by atoms with Crippen LogP contribution in [0.3, 0.4) is 0 Å². The van der Waals surface area contributed by atoms with E-state index >= 15 is 0 Å². The zero-order valence-electron chi connectivity index (χ0n) is 6.39. The van der Waals surface area contributed by atoms with Gasteiger partial charge < -0.3 is 4.74 Å². The van der Waals surface area contributed by atoms with Crippen LogP contribution in [0.4, 0.5) is 0 Å². The van der Waals surface area contributed by atoms with Crippen molar-refractivity contribution in [2.75, 3.05) is 0 Å². The summed E-state index contributed by atoms with van der Waals surface area (Å²) in [6.45, 7) is 3.45. The van der Waals surface area contributed by atoms with Crippen LogP contribution < -0.4 is 0 Å². The average Bonchev–Trinajstić information content (AvgIpc) is 1.80. The van der Waals surface area contributed by atoms with Gasteiger partial charge in [-0.25, -0.2) is 0 Å². The van der Waals surface area contributed by atoms with Gasteiger partial charge in [0.1, 0.15) is 0 Å². The summed E-state index contributed by atoms with van der Waals surface area (Å²) in [7, 11) is 0. The molecule has 56 valence electrons. The first-order valence-corrected chi connectivity index (χ1v) is 3.09. The Bertz CT molecular complexity index is 110. The maximum Gasteiger partial charge on any atom is 0.307 e. The number of carbonyl (C=O) groups is 1. The topological polar surface area (TPSA) is 26.3 Å². The molecule has 0 radical (unpaired) electrons. The van der Waals surface area contributed by atoms with Crippen LogP contribution in [0.5, 0.6) is 0 Å². The van der Waals surface area contributed by atoms with Crippen LogP contribution in [0.25, 0.3) is 0 Å². The Balaban J connectivity index is 0. The van der Waals surface area contributed by atoms with Crippen molar-refractivity contribution >= 4 is 5.97 Å². The van der Waals surface area contributed by atoms with E-state index in [4.69, 9.17) is 0 Å². The van der Waals surface area contributed by atoms with Crippen molar-refractivity contribution in [2.45, 2.75) is 26.7 Å². The third-order valence-corrected chi connectivity index (χ3v) is 0.786. The smallest absolute Gasteiger partial charge is 0.307 e. The van der Waals surface area contributed by atoms with Crippen LogP contribution in [0, 0.1) is 0 Å². The van der Waals surface area contributed by atoms with Crippen molar-refractivity contribution < 1.29 is 31.2 Å². The van der Waals surface area contributed by atoms with Crippen molar-refractivity contribution in [1.29, 1.82) is 0 Å². The summed E-state index contributed by atoms with van der Waals surface area (Å²) in [5, 5.41) is 0. The molecule has 0 spiro atoms. The Hall–Kier alpha value is -0.0757. The summed E-state index contributed by atoms with van der Waals surface area (Å²) in [5.74, 6) is -0.262. The van der Waals surface area contributed by atoms with Gasteiger partial charge in [-0.2, -0.15) is 0 Å². The second-order valence-corrected chi connectivity index (χ2v) is 1.77. The molecule has 0 N–H and O–H groups in total. The first kappa shape index (κ1) is 12.6. The molecule has 0 aromatic carbocycles. The molecule has 0 aromatic rings. The largest absolute Gasteiger partial charge is 0.435 e. The summed E-state index contributed by atoms with van der Waals surface area (Å²) in [6, 6.07) is 0. The van der Waals surface area contributed by atoms with E-state index in [0.29, 0.717) is 0 Å². The molecule has 0 atom stereocenters. The molecule has 0 rings (SSSR count). The molecule has 0 amide bonds. The van der Waals surface area contributed by atoms with Gasteiger partial charge in [-0.15, -0.1) is 0 Å². The van der Waals surface area contributed by atoms with E-state index in [1.54, 1.807) is 0 Å². The summed E-state index contributed by atoms with van der Waals surface area (Å²) >= 11 is 0. The van der Waals surface area contributed by atoms with Gasteiger partial charge in [-0.3, -0.25) is 4.79 Å². The first-order chi connectivity index (χ1) is 4.27. The van der Waals surface area contributed by atoms with E-state index in [9.17, 15) is 4.79 Å². The van der Waals surface area contributed by atoms with Gasteiger partial charge in [0.05, 0.1) is 6.26 Å². The Morgan fingerprint density at radius 1 is 1.60 bits per heavy atom. The maximum absolute atomic E-state index is 10.1. The van der Waals surface area contributed by atoms with E-state index in [1.165, 1.54) is 13.2 Å². The molecule has 3 heteroatoms. The monoisotopic (exact) mass is 176 g/mol. The van der Waals surface area contributed by atoms with E-state index in [1.807, 2.05) is 6.08 Å². The molecule has 2 nitrogen and oxygen atoms in total. The third-order valence-electron chi connectivity index (χ3n) is 0.786. The number of hydrogen-bond donors (Lipinski definition) is 0. The number of allylic oxidation sites excluding steroid dienone is 1. The summed E-state index contributed by atoms with van der Waals surface area (Å²) in [6.07, 6.45) is 5.32. The molecular formula is C7H12O2Ti. The molecule has 0 saturated heterocycles. The van der Waals surface area contributed by atoms with Crippen LogP contribution >= 0.6 is 0 Å². The SMILES string of the molecule is CCCC=COC(C)=O.[Ti]. The molecule has 0 aliphatic carbocycles. The number of hydrogen-bond acceptors (Lipinski definition) is 2. The van der Waals surface area contributed by atoms with Crippen molar-refractivity contribution in [3.05, 3.63) is 12.3 Å². The van der Waals surface area contributed by atoms with Gasteiger partial charge in [0.25, 0.3) is 0 Å². The minimum absolute atomic E-state index is 0. The van der Waals surface area contributed by atoms with Crippen molar-refractivity contribution in [2.24, 2.45) is 0 Å². The van der Waals surface area contributed by atoms with Crippen molar-refractivity contribution in [3.63, 3.8) is 0 Å². The second kappa shape index (κ2) is 8.92. The van der Waals surface area contributed by atoms with E-state index in [2.05, 4.69) is 11.7 Å². The van der Waals surface area contributed by atoms with Crippen molar-refractivity contribution in [1.82, 2.24) is 0 Å². The van der Waals surface area contributed by atoms with Crippen molar-refractivity contribution in [3.8, 4) is 0 Å². The predicted molar refractivity (Wildman–Crippen MR) is 35.8 cm³/mol. The Kier molecular flexibility index (Phi) is 11.2. The fraction of sp³-hybridized carbons (Fsp3) is 0.571. The predicted octanol–water partition coefficient (Wildman–Crippen LogP) is 1.86. The fourth-order valence-electron chi connectivity index (χ4n) is 0.379. The minimum atomic E-state index is -0.262. The molecule has 0 fully saturated rings. The summed E-state index contributed by atoms with van der Waals surface area (Å²) < 4.78 is 4.52. The molecule has 0 heterocycles. The van der Waals surface area contributed by atoms with Gasteiger partial charge in [-0.05, 0) is 12.5 Å². The Labute approximate surface area is 76.5 Å². The van der Waals surface area contributed by atoms with E-state index < -0.39 is 0 Å². The Morgan fingerprint density at radius 2 is 2.20 bits per heavy atom. The quantitative estimate of drug-likeness (QED) is 0.372. The molecule has 0 aromatic heterocycles. The fourth-order valence-corrected chi connectivity index (χ4v) is 0.379. The number of unbranched alkanes of at least 4 members (excludes halogenated alkanes) is 1. The zero-order chi connectivity index (χ0) is 7.11. The van der Waals surface area contributed by atoms with Crippen LogP contribution in [-0.2, 0) is 31.2 Å². The molecule has 0 aliphatic rings. The molecule has 10 heavy (non-hydrogen) atoms. The van der Waals surface area contributed by atoms with Crippen LogP contribution in [0.15, 0.2) is 12.3 Å². The number of esters is 1. The Morgan fingerprint density at radius 3 is 2.60 bits per heavy atom. The maximum atomic E-state index is 10.1. The van der Waals surface area contributed by atoms with Crippen LogP contribution in [0.2, 0.25) is 0 Å². The zero-order valence-corrected chi connectivity index (χ0v) is 7.95. The van der Waals surface area contributed by atoms with Gasteiger partial charge >= 0.3 is 5.97 Å². The first-order valence-electron chi connectivity index (χ1n) is 3.09. The molecule has 0 aliphatic heterocycles. The molecular weight excluding hydrogens is 164 g/mol. The summed E-state index contributed by atoms with van der Waals surface area (Å²) in [4.78, 5) is 10.1. The van der Waals surface area contributed by atoms with Crippen LogP contribution in [0.1, 0.15) is 26.7 Å². The number of ether oxygens (including phenoxy) is 1. The summed E-state index contributed by atoms with van der Waals surface area (Å²) in [5.41, 5.74) is 0. The van der Waals surface area contributed by atoms with Gasteiger partial charge in [0.2, 0.25) is 0 Å². The van der Waals surface area contributed by atoms with Crippen LogP contribution in [-0.4, -0.2) is 5.97 Å². The minimum Gasteiger partial charge on any atom is -0.435 e. The molecule has 0 unspecified atom stereocenters. The van der Waals surface area contributed by atoms with Gasteiger partial charge in [-0.1, -0.05) is 13.3 Å². The van der Waals surface area contributed by atoms with E-state index in [0.717, 1.165) is 12.8 Å². The molecule has 0 bridgehead atoms. The second-order valence-electron chi connectivity index (χ2n) is 1.77. The normalized spacial score (nSPS) is 9.00. The number of carbonyl (C=O) groups excluding carboxylic acids is 1.